The highest BCUT2D eigenvalue weighted by atomic mass is 17.2. The fourth-order valence-corrected chi connectivity index (χ4v) is 4.52. The minimum atomic E-state index is 0.0134. The number of nitrogens with zero attached hydrogens (tertiary/aromatic N) is 1. The lowest BCUT2D eigenvalue weighted by molar-refractivity contribution is -0.194. The van der Waals surface area contributed by atoms with Crippen molar-refractivity contribution in [2.75, 3.05) is 19.7 Å². The van der Waals surface area contributed by atoms with Crippen LogP contribution in [-0.2, 0) is 34.7 Å². The van der Waals surface area contributed by atoms with Crippen LogP contribution in [0.5, 0.6) is 11.5 Å². The van der Waals surface area contributed by atoms with Crippen LogP contribution < -0.4 is 15.4 Å². The Kier molecular flexibility index (Phi) is 4.25. The van der Waals surface area contributed by atoms with Crippen molar-refractivity contribution in [1.29, 1.82) is 0 Å². The van der Waals surface area contributed by atoms with Gasteiger partial charge in [0.2, 0.25) is 5.91 Å². The van der Waals surface area contributed by atoms with Gasteiger partial charge in [-0.1, -0.05) is 18.2 Å². The highest BCUT2D eigenvalue weighted by molar-refractivity contribution is 5.79. The third-order valence-electron chi connectivity index (χ3n) is 6.27. The zero-order chi connectivity index (χ0) is 19.1. The first-order valence-corrected chi connectivity index (χ1v) is 9.82. The van der Waals surface area contributed by atoms with Crippen LogP contribution in [0.15, 0.2) is 36.4 Å². The maximum Gasteiger partial charge on any atom is 0.226 e. The molecule has 2 aromatic rings. The van der Waals surface area contributed by atoms with Crippen molar-refractivity contribution in [3.63, 3.8) is 0 Å². The number of amides is 1. The fraction of sp³-hybridized carbons (Fsp3) is 0.409. The van der Waals surface area contributed by atoms with Crippen molar-refractivity contribution >= 4 is 5.91 Å². The molecule has 3 heterocycles. The van der Waals surface area contributed by atoms with Gasteiger partial charge in [0.05, 0.1) is 13.0 Å². The number of piperidine rings is 1. The van der Waals surface area contributed by atoms with Crippen molar-refractivity contribution in [3.05, 3.63) is 58.7 Å². The van der Waals surface area contributed by atoms with Crippen molar-refractivity contribution in [2.24, 2.45) is 5.73 Å². The second-order valence-electron chi connectivity index (χ2n) is 7.95. The van der Waals surface area contributed by atoms with E-state index < -0.39 is 0 Å². The van der Waals surface area contributed by atoms with Gasteiger partial charge < -0.3 is 20.3 Å². The zero-order valence-corrected chi connectivity index (χ0v) is 15.8. The molecule has 5 rings (SSSR count). The zero-order valence-electron chi connectivity index (χ0n) is 15.8. The number of benzene rings is 2. The molecule has 146 valence electrons. The number of hydrogen-bond donors (Lipinski definition) is 1. The predicted molar refractivity (Wildman–Crippen MR) is 103 cm³/mol. The molecule has 1 saturated heterocycles. The molecule has 0 radical (unpaired) electrons. The summed E-state index contributed by atoms with van der Waals surface area (Å²) >= 11 is 0. The number of nitrogens with two attached hydrogens (primary N) is 1. The van der Waals surface area contributed by atoms with Crippen LogP contribution >= 0.6 is 0 Å². The molecule has 3 aliphatic heterocycles. The maximum atomic E-state index is 12.8. The van der Waals surface area contributed by atoms with E-state index in [9.17, 15) is 4.79 Å². The Morgan fingerprint density at radius 3 is 2.68 bits per heavy atom. The van der Waals surface area contributed by atoms with Crippen LogP contribution in [0.2, 0.25) is 0 Å². The summed E-state index contributed by atoms with van der Waals surface area (Å²) in [7, 11) is 0. The molecule has 0 unspecified atom stereocenters. The Balaban J connectivity index is 1.26. The van der Waals surface area contributed by atoms with Gasteiger partial charge in [-0.15, -0.1) is 0 Å². The van der Waals surface area contributed by atoms with Crippen LogP contribution in [0, 0.1) is 0 Å². The Bertz CT molecular complexity index is 919. The summed E-state index contributed by atoms with van der Waals surface area (Å²) in [6.07, 6.45) is 2.25. The van der Waals surface area contributed by atoms with E-state index in [0.29, 0.717) is 26.2 Å². The van der Waals surface area contributed by atoms with Gasteiger partial charge in [-0.05, 0) is 42.2 Å². The molecule has 6 heteroatoms. The molecule has 0 aliphatic carbocycles. The number of carbonyl (C=O) groups is 1. The monoisotopic (exact) mass is 380 g/mol. The molecule has 6 nitrogen and oxygen atoms in total. The van der Waals surface area contributed by atoms with E-state index in [0.717, 1.165) is 54.1 Å². The Morgan fingerprint density at radius 1 is 1.07 bits per heavy atom. The first kappa shape index (κ1) is 17.5. The second-order valence-corrected chi connectivity index (χ2v) is 7.95. The molecule has 1 amide bonds. The minimum absolute atomic E-state index is 0.0134. The van der Waals surface area contributed by atoms with Gasteiger partial charge in [-0.2, -0.15) is 4.89 Å². The summed E-state index contributed by atoms with van der Waals surface area (Å²) in [5.41, 5.74) is 10.2. The van der Waals surface area contributed by atoms with E-state index in [1.54, 1.807) is 0 Å². The fourth-order valence-electron chi connectivity index (χ4n) is 4.52. The highest BCUT2D eigenvalue weighted by Crippen LogP contribution is 2.45. The van der Waals surface area contributed by atoms with E-state index in [4.69, 9.17) is 20.2 Å². The van der Waals surface area contributed by atoms with Gasteiger partial charge in [0, 0.05) is 36.2 Å². The third-order valence-corrected chi connectivity index (χ3v) is 6.27. The molecule has 1 spiro atoms. The average molecular weight is 380 g/mol. The molecular formula is C22H24N2O4. The molecule has 0 atom stereocenters. The third kappa shape index (κ3) is 2.93. The Labute approximate surface area is 164 Å². The lowest BCUT2D eigenvalue weighted by Crippen LogP contribution is -2.46. The maximum absolute atomic E-state index is 12.8. The van der Waals surface area contributed by atoms with Gasteiger partial charge >= 0.3 is 0 Å². The van der Waals surface area contributed by atoms with Crippen molar-refractivity contribution < 1.29 is 19.3 Å². The average Bonchev–Trinajstić information content (AvgIpc) is 3.33. The number of rotatable bonds is 3. The van der Waals surface area contributed by atoms with Crippen LogP contribution in [0.1, 0.15) is 35.1 Å². The summed E-state index contributed by atoms with van der Waals surface area (Å²) < 4.78 is 5.96. The summed E-state index contributed by atoms with van der Waals surface area (Å²) in [6.45, 7) is 3.18. The van der Waals surface area contributed by atoms with Crippen LogP contribution in [0.3, 0.4) is 0 Å². The van der Waals surface area contributed by atoms with Gasteiger partial charge in [-0.3, -0.25) is 4.79 Å². The van der Waals surface area contributed by atoms with Crippen LogP contribution in [0.25, 0.3) is 0 Å². The number of fused-ring (bicyclic) bond motifs is 3. The topological polar surface area (TPSA) is 74.0 Å². The van der Waals surface area contributed by atoms with Gasteiger partial charge in [-0.25, -0.2) is 0 Å². The molecule has 0 bridgehead atoms. The van der Waals surface area contributed by atoms with Crippen LogP contribution in [-0.4, -0.2) is 30.5 Å². The highest BCUT2D eigenvalue weighted by Gasteiger charge is 2.43. The molecule has 2 N–H and O–H groups in total. The van der Waals surface area contributed by atoms with Gasteiger partial charge in [0.1, 0.15) is 12.4 Å². The summed E-state index contributed by atoms with van der Waals surface area (Å²) in [4.78, 5) is 24.8. The first-order valence-electron chi connectivity index (χ1n) is 9.82. The summed E-state index contributed by atoms with van der Waals surface area (Å²) in [5, 5.41) is 0. The molecule has 0 saturated carbocycles. The lowest BCUT2D eigenvalue weighted by atomic mass is 9.74. The SMILES string of the molecule is NCc1ccc2c(c1)C1(CCN(C(=O)Cc3ccc4c(c3)COO4)CC1)CO2. The van der Waals surface area contributed by atoms with E-state index in [-0.39, 0.29) is 11.3 Å². The van der Waals surface area contributed by atoms with Gasteiger partial charge in [0.25, 0.3) is 0 Å². The van der Waals surface area contributed by atoms with Crippen LogP contribution in [0.4, 0.5) is 0 Å². The van der Waals surface area contributed by atoms with E-state index in [2.05, 4.69) is 6.07 Å². The van der Waals surface area contributed by atoms with Crippen molar-refractivity contribution in [3.8, 4) is 11.5 Å². The molecular weight excluding hydrogens is 356 g/mol. The first-order chi connectivity index (χ1) is 13.7. The van der Waals surface area contributed by atoms with E-state index in [1.165, 1.54) is 5.56 Å². The number of likely N-dealkylation sites (tertiary alicyclic amines) is 1. The minimum Gasteiger partial charge on any atom is -0.492 e. The largest absolute Gasteiger partial charge is 0.492 e. The molecule has 0 aromatic heterocycles. The van der Waals surface area contributed by atoms with Crippen molar-refractivity contribution in [1.82, 2.24) is 4.90 Å². The Morgan fingerprint density at radius 2 is 1.86 bits per heavy atom. The quantitative estimate of drug-likeness (QED) is 0.828. The lowest BCUT2D eigenvalue weighted by Gasteiger charge is -2.38. The summed E-state index contributed by atoms with van der Waals surface area (Å²) in [6, 6.07) is 12.1. The van der Waals surface area contributed by atoms with Gasteiger partial charge in [0.15, 0.2) is 5.75 Å². The van der Waals surface area contributed by atoms with E-state index in [1.807, 2.05) is 35.2 Å². The Hall–Kier alpha value is -2.57. The smallest absolute Gasteiger partial charge is 0.226 e. The van der Waals surface area contributed by atoms with Crippen molar-refractivity contribution in [2.45, 2.75) is 37.8 Å². The molecule has 3 aliphatic rings. The predicted octanol–water partition coefficient (Wildman–Crippen LogP) is 2.46. The van der Waals surface area contributed by atoms with E-state index >= 15 is 0 Å². The standard InChI is InChI=1S/C22H24N2O4/c23-12-16-2-4-20-18(10-16)22(14-26-20)5-7-24(8-6-22)21(25)11-15-1-3-19-17(9-15)13-27-28-19/h1-4,9-10H,5-8,11-14,23H2. The molecule has 2 aromatic carbocycles. The number of carbonyl (C=O) groups excluding carboxylic acids is 1. The summed E-state index contributed by atoms with van der Waals surface area (Å²) in [5.74, 6) is 1.89. The molecule has 1 fully saturated rings. The normalized spacial score (nSPS) is 19.1. The number of hydrogen-bond acceptors (Lipinski definition) is 5. The second kappa shape index (κ2) is 6.79. The number of ether oxygens (including phenoxy) is 1. The molecule has 28 heavy (non-hydrogen) atoms.